The lowest BCUT2D eigenvalue weighted by Gasteiger charge is -2.27. The molecule has 1 N–H and O–H groups in total. The number of hydrogen-bond acceptors (Lipinski definition) is 3. The van der Waals surface area contributed by atoms with Crippen molar-refractivity contribution in [3.8, 4) is 0 Å². The molecule has 24 heavy (non-hydrogen) atoms. The highest BCUT2D eigenvalue weighted by atomic mass is 35.5. The number of carbonyl (C=O) groups excluding carboxylic acids is 2. The second-order valence-electron chi connectivity index (χ2n) is 6.88. The van der Waals surface area contributed by atoms with E-state index in [1.807, 2.05) is 13.8 Å². The summed E-state index contributed by atoms with van der Waals surface area (Å²) in [6.07, 6.45) is 1.03. The van der Waals surface area contributed by atoms with Crippen LogP contribution in [0.3, 0.4) is 0 Å². The molecular weight excluding hydrogens is 333 g/mol. The maximum atomic E-state index is 13.2. The maximum absolute atomic E-state index is 13.2. The fourth-order valence-corrected chi connectivity index (χ4v) is 3.24. The third kappa shape index (κ3) is 2.96. The molecule has 1 amide bonds. The normalized spacial score (nSPS) is 16.0. The molecule has 1 aliphatic rings. The van der Waals surface area contributed by atoms with Gasteiger partial charge in [0.15, 0.2) is 11.5 Å². The zero-order chi connectivity index (χ0) is 17.6. The number of fused-ring (bicyclic) bond motifs is 1. The zero-order valence-corrected chi connectivity index (χ0v) is 14.4. The molecule has 0 bridgehead atoms. The van der Waals surface area contributed by atoms with E-state index in [0.29, 0.717) is 35.4 Å². The average molecular weight is 350 g/mol. The molecule has 0 saturated carbocycles. The number of ketones is 1. The van der Waals surface area contributed by atoms with Crippen molar-refractivity contribution in [3.63, 3.8) is 0 Å². The summed E-state index contributed by atoms with van der Waals surface area (Å²) in [5, 5.41) is 2.53. The van der Waals surface area contributed by atoms with Gasteiger partial charge in [0.2, 0.25) is 0 Å². The quantitative estimate of drug-likeness (QED) is 0.848. The molecule has 2 aromatic rings. The lowest BCUT2D eigenvalue weighted by molar-refractivity contribution is 0.0898. The first-order valence-electron chi connectivity index (χ1n) is 7.60. The summed E-state index contributed by atoms with van der Waals surface area (Å²) in [6.45, 7) is 5.68. The number of nitrogens with one attached hydrogen (secondary N) is 1. The largest absolute Gasteiger partial charge is 0.455 e. The van der Waals surface area contributed by atoms with Gasteiger partial charge < -0.3 is 9.73 Å². The zero-order valence-electron chi connectivity index (χ0n) is 13.6. The van der Waals surface area contributed by atoms with Crippen molar-refractivity contribution in [2.24, 2.45) is 5.41 Å². The standard InChI is InChI=1S/C18H17ClFNO3/c1-9-15-13(22)7-18(2,3)8-14(15)24-16(9)17(23)21-10-4-5-12(20)11(19)6-10/h4-6H,7-8H2,1-3H3,(H,21,23). The smallest absolute Gasteiger partial charge is 0.291 e. The van der Waals surface area contributed by atoms with E-state index in [4.69, 9.17) is 16.0 Å². The van der Waals surface area contributed by atoms with E-state index in [0.717, 1.165) is 0 Å². The van der Waals surface area contributed by atoms with Gasteiger partial charge in [-0.3, -0.25) is 9.59 Å². The minimum absolute atomic E-state index is 0.00798. The van der Waals surface area contributed by atoms with Crippen LogP contribution in [0.4, 0.5) is 10.1 Å². The molecule has 1 heterocycles. The van der Waals surface area contributed by atoms with Crippen LogP contribution < -0.4 is 5.32 Å². The minimum atomic E-state index is -0.563. The third-order valence-corrected chi connectivity index (χ3v) is 4.45. The summed E-state index contributed by atoms with van der Waals surface area (Å²) >= 11 is 5.71. The predicted molar refractivity (Wildman–Crippen MR) is 89.2 cm³/mol. The van der Waals surface area contributed by atoms with E-state index >= 15 is 0 Å². The van der Waals surface area contributed by atoms with E-state index in [1.165, 1.54) is 18.2 Å². The molecule has 1 aliphatic carbocycles. The van der Waals surface area contributed by atoms with E-state index < -0.39 is 11.7 Å². The van der Waals surface area contributed by atoms with Crippen molar-refractivity contribution < 1.29 is 18.4 Å². The Kier molecular flexibility index (Phi) is 4.00. The maximum Gasteiger partial charge on any atom is 0.291 e. The number of anilines is 1. The van der Waals surface area contributed by atoms with Gasteiger partial charge in [0, 0.05) is 24.1 Å². The van der Waals surface area contributed by atoms with Crippen molar-refractivity contribution >= 4 is 29.0 Å². The lowest BCUT2D eigenvalue weighted by Crippen LogP contribution is -2.26. The summed E-state index contributed by atoms with van der Waals surface area (Å²) in [6, 6.07) is 3.90. The van der Waals surface area contributed by atoms with Crippen molar-refractivity contribution in [1.29, 1.82) is 0 Å². The van der Waals surface area contributed by atoms with Crippen LogP contribution in [0.1, 0.15) is 52.5 Å². The van der Waals surface area contributed by atoms with Crippen LogP contribution in [0.15, 0.2) is 22.6 Å². The van der Waals surface area contributed by atoms with Crippen LogP contribution in [-0.2, 0) is 6.42 Å². The summed E-state index contributed by atoms with van der Waals surface area (Å²) in [7, 11) is 0. The Hall–Kier alpha value is -2.14. The van der Waals surface area contributed by atoms with E-state index in [2.05, 4.69) is 5.32 Å². The Morgan fingerprint density at radius 1 is 1.33 bits per heavy atom. The Balaban J connectivity index is 1.91. The number of amides is 1. The number of hydrogen-bond donors (Lipinski definition) is 1. The fourth-order valence-electron chi connectivity index (χ4n) is 3.06. The van der Waals surface area contributed by atoms with Gasteiger partial charge in [-0.15, -0.1) is 0 Å². The first-order chi connectivity index (χ1) is 11.2. The van der Waals surface area contributed by atoms with E-state index in [-0.39, 0.29) is 22.0 Å². The topological polar surface area (TPSA) is 59.3 Å². The van der Waals surface area contributed by atoms with Gasteiger partial charge in [0.1, 0.15) is 11.6 Å². The molecule has 126 valence electrons. The van der Waals surface area contributed by atoms with Gasteiger partial charge in [-0.25, -0.2) is 4.39 Å². The molecule has 0 saturated heterocycles. The molecule has 1 aromatic carbocycles. The summed E-state index contributed by atoms with van der Waals surface area (Å²) in [5.74, 6) is -0.406. The van der Waals surface area contributed by atoms with Crippen LogP contribution in [0, 0.1) is 18.2 Å². The van der Waals surface area contributed by atoms with Crippen LogP contribution in [0.2, 0.25) is 5.02 Å². The monoisotopic (exact) mass is 349 g/mol. The lowest BCUT2D eigenvalue weighted by atomic mass is 9.76. The molecule has 0 unspecified atom stereocenters. The summed E-state index contributed by atoms with van der Waals surface area (Å²) in [5.41, 5.74) is 1.21. The van der Waals surface area contributed by atoms with Crippen molar-refractivity contribution in [3.05, 3.63) is 51.7 Å². The molecule has 1 aromatic heterocycles. The minimum Gasteiger partial charge on any atom is -0.455 e. The first kappa shape index (κ1) is 16.7. The van der Waals surface area contributed by atoms with Crippen molar-refractivity contribution in [2.75, 3.05) is 5.32 Å². The van der Waals surface area contributed by atoms with Crippen molar-refractivity contribution in [2.45, 2.75) is 33.6 Å². The van der Waals surface area contributed by atoms with E-state index in [9.17, 15) is 14.0 Å². The Morgan fingerprint density at radius 2 is 2.04 bits per heavy atom. The number of benzene rings is 1. The Bertz CT molecular complexity index is 854. The van der Waals surface area contributed by atoms with Crippen LogP contribution in [0.5, 0.6) is 0 Å². The van der Waals surface area contributed by atoms with Gasteiger partial charge >= 0.3 is 0 Å². The molecule has 0 spiro atoms. The van der Waals surface area contributed by atoms with Crippen LogP contribution >= 0.6 is 11.6 Å². The molecular formula is C18H17ClFNO3. The van der Waals surface area contributed by atoms with Gasteiger partial charge in [0.05, 0.1) is 10.6 Å². The molecule has 4 nitrogen and oxygen atoms in total. The number of rotatable bonds is 2. The van der Waals surface area contributed by atoms with Gasteiger partial charge in [-0.05, 0) is 30.5 Å². The number of furan rings is 1. The highest BCUT2D eigenvalue weighted by Gasteiger charge is 2.37. The Morgan fingerprint density at radius 3 is 2.71 bits per heavy atom. The average Bonchev–Trinajstić information content (AvgIpc) is 2.78. The summed E-state index contributed by atoms with van der Waals surface area (Å²) < 4.78 is 18.9. The Labute approximate surface area is 144 Å². The van der Waals surface area contributed by atoms with Gasteiger partial charge in [0.25, 0.3) is 5.91 Å². The van der Waals surface area contributed by atoms with E-state index in [1.54, 1.807) is 6.92 Å². The highest BCUT2D eigenvalue weighted by Crippen LogP contribution is 2.38. The highest BCUT2D eigenvalue weighted by molar-refractivity contribution is 6.31. The molecule has 0 atom stereocenters. The van der Waals surface area contributed by atoms with Crippen LogP contribution in [-0.4, -0.2) is 11.7 Å². The molecule has 3 rings (SSSR count). The van der Waals surface area contributed by atoms with Gasteiger partial charge in [-0.1, -0.05) is 25.4 Å². The number of halogens is 2. The molecule has 6 heteroatoms. The van der Waals surface area contributed by atoms with Gasteiger partial charge in [-0.2, -0.15) is 0 Å². The number of carbonyl (C=O) groups is 2. The number of Topliss-reactive ketones (excluding diaryl/α,β-unsaturated/α-hetero) is 1. The molecule has 0 radical (unpaired) electrons. The predicted octanol–water partition coefficient (Wildman–Crippen LogP) is 4.79. The third-order valence-electron chi connectivity index (χ3n) is 4.16. The SMILES string of the molecule is Cc1c(C(=O)Nc2ccc(F)c(Cl)c2)oc2c1C(=O)CC(C)(C)C2. The van der Waals surface area contributed by atoms with Crippen molar-refractivity contribution in [1.82, 2.24) is 0 Å². The van der Waals surface area contributed by atoms with Crippen LogP contribution in [0.25, 0.3) is 0 Å². The first-order valence-corrected chi connectivity index (χ1v) is 7.97. The fraction of sp³-hybridized carbons (Fsp3) is 0.333. The second kappa shape index (κ2) is 5.74. The molecule has 0 fully saturated rings. The second-order valence-corrected chi connectivity index (χ2v) is 7.29. The summed E-state index contributed by atoms with van der Waals surface area (Å²) in [4.78, 5) is 24.8. The molecule has 0 aliphatic heterocycles.